The van der Waals surface area contributed by atoms with Gasteiger partial charge in [-0.1, -0.05) is 30.3 Å². The molecular formula is C21H19N5O4. The Hall–Kier alpha value is -4.40. The topological polar surface area (TPSA) is 135 Å². The van der Waals surface area contributed by atoms with Crippen LogP contribution in [0.1, 0.15) is 10.5 Å². The minimum absolute atomic E-state index is 0.0428. The number of rotatable bonds is 7. The van der Waals surface area contributed by atoms with Crippen molar-refractivity contribution in [3.8, 4) is 5.75 Å². The largest absolute Gasteiger partial charge is 0.484 e. The Morgan fingerprint density at radius 3 is 2.30 bits per heavy atom. The van der Waals surface area contributed by atoms with Crippen molar-refractivity contribution in [2.45, 2.75) is 0 Å². The Bertz CT molecular complexity index is 1060. The number of anilines is 3. The molecule has 1 aromatic heterocycles. The number of amides is 4. The normalized spacial score (nSPS) is 10.0. The number of benzene rings is 2. The van der Waals surface area contributed by atoms with Gasteiger partial charge in [-0.25, -0.2) is 9.78 Å². The van der Waals surface area contributed by atoms with Gasteiger partial charge in [0.1, 0.15) is 17.3 Å². The number of hydrogen-bond acceptors (Lipinski definition) is 5. The molecule has 30 heavy (non-hydrogen) atoms. The maximum Gasteiger partial charge on any atom is 0.323 e. The van der Waals surface area contributed by atoms with Crippen molar-refractivity contribution < 1.29 is 19.1 Å². The molecule has 2 aromatic carbocycles. The van der Waals surface area contributed by atoms with Gasteiger partial charge in [-0.2, -0.15) is 0 Å². The molecule has 0 saturated heterocycles. The summed E-state index contributed by atoms with van der Waals surface area (Å²) < 4.78 is 5.46. The highest BCUT2D eigenvalue weighted by Crippen LogP contribution is 2.18. The number of ether oxygens (including phenoxy) is 1. The Balaban J connectivity index is 1.52. The van der Waals surface area contributed by atoms with E-state index in [1.165, 1.54) is 12.1 Å². The first-order valence-electron chi connectivity index (χ1n) is 8.92. The molecule has 0 saturated carbocycles. The van der Waals surface area contributed by atoms with Crippen molar-refractivity contribution in [2.24, 2.45) is 5.73 Å². The molecule has 0 aliphatic heterocycles. The summed E-state index contributed by atoms with van der Waals surface area (Å²) in [7, 11) is 0. The van der Waals surface area contributed by atoms with Crippen LogP contribution in [0.3, 0.4) is 0 Å². The molecule has 152 valence electrons. The highest BCUT2D eigenvalue weighted by molar-refractivity contribution is 5.99. The third kappa shape index (κ3) is 6.06. The van der Waals surface area contributed by atoms with E-state index in [-0.39, 0.29) is 18.1 Å². The smallest absolute Gasteiger partial charge is 0.323 e. The first-order chi connectivity index (χ1) is 14.5. The molecule has 9 nitrogen and oxygen atoms in total. The van der Waals surface area contributed by atoms with Crippen LogP contribution in [0.4, 0.5) is 22.0 Å². The van der Waals surface area contributed by atoms with Crippen molar-refractivity contribution in [2.75, 3.05) is 22.6 Å². The number of primary amides is 1. The van der Waals surface area contributed by atoms with E-state index in [2.05, 4.69) is 20.9 Å². The fourth-order valence-electron chi connectivity index (χ4n) is 2.45. The van der Waals surface area contributed by atoms with E-state index in [0.717, 1.165) is 0 Å². The molecule has 3 aromatic rings. The second-order valence-corrected chi connectivity index (χ2v) is 6.08. The molecule has 0 radical (unpaired) electrons. The lowest BCUT2D eigenvalue weighted by molar-refractivity contribution is -0.118. The lowest BCUT2D eigenvalue weighted by Crippen LogP contribution is -2.22. The summed E-state index contributed by atoms with van der Waals surface area (Å²) >= 11 is 0. The van der Waals surface area contributed by atoms with E-state index in [9.17, 15) is 14.4 Å². The highest BCUT2D eigenvalue weighted by Gasteiger charge is 2.08. The van der Waals surface area contributed by atoms with Gasteiger partial charge in [0.15, 0.2) is 6.61 Å². The molecule has 0 fully saturated rings. The number of hydrogen-bond donors (Lipinski definition) is 4. The number of pyridine rings is 1. The summed E-state index contributed by atoms with van der Waals surface area (Å²) in [5.41, 5.74) is 6.37. The molecule has 4 amide bonds. The van der Waals surface area contributed by atoms with E-state index in [4.69, 9.17) is 10.5 Å². The molecule has 9 heteroatoms. The predicted molar refractivity (Wildman–Crippen MR) is 112 cm³/mol. The van der Waals surface area contributed by atoms with Gasteiger partial charge in [0.05, 0.1) is 0 Å². The van der Waals surface area contributed by atoms with Gasteiger partial charge in [0, 0.05) is 17.4 Å². The Kier molecular flexibility index (Phi) is 6.57. The van der Waals surface area contributed by atoms with Gasteiger partial charge in [-0.3, -0.25) is 9.59 Å². The summed E-state index contributed by atoms with van der Waals surface area (Å²) in [4.78, 5) is 39.2. The molecule has 0 aliphatic carbocycles. The van der Waals surface area contributed by atoms with Crippen LogP contribution in [-0.2, 0) is 4.79 Å². The number of nitrogens with two attached hydrogens (primary N) is 1. The Morgan fingerprint density at radius 1 is 0.833 bits per heavy atom. The van der Waals surface area contributed by atoms with Gasteiger partial charge < -0.3 is 26.4 Å². The predicted octanol–water partition coefficient (Wildman–Crippen LogP) is 2.84. The van der Waals surface area contributed by atoms with E-state index >= 15 is 0 Å². The molecule has 0 bridgehead atoms. The zero-order valence-electron chi connectivity index (χ0n) is 15.8. The Labute approximate surface area is 172 Å². The van der Waals surface area contributed by atoms with Crippen LogP contribution in [0.5, 0.6) is 5.75 Å². The number of nitrogens with one attached hydrogen (secondary N) is 3. The lowest BCUT2D eigenvalue weighted by atomic mass is 10.3. The number of carbonyl (C=O) groups excluding carboxylic acids is 3. The average molecular weight is 405 g/mol. The maximum atomic E-state index is 12.1. The minimum Gasteiger partial charge on any atom is -0.484 e. The molecule has 0 atom stereocenters. The number of urea groups is 1. The van der Waals surface area contributed by atoms with Gasteiger partial charge in [0.2, 0.25) is 0 Å². The first-order valence-corrected chi connectivity index (χ1v) is 8.92. The fraction of sp³-hybridized carbons (Fsp3) is 0.0476. The lowest BCUT2D eigenvalue weighted by Gasteiger charge is -2.10. The molecule has 0 unspecified atom stereocenters. The average Bonchev–Trinajstić information content (AvgIpc) is 2.73. The van der Waals surface area contributed by atoms with Crippen LogP contribution in [-0.4, -0.2) is 29.4 Å². The van der Waals surface area contributed by atoms with Crippen LogP contribution >= 0.6 is 0 Å². The minimum atomic E-state index is -0.692. The summed E-state index contributed by atoms with van der Waals surface area (Å²) in [5.74, 6) is -0.582. The standard InChI is InChI=1S/C21H19N5O4/c22-20(28)17-10-5-11-18(25-17)26-19(27)13-30-16-9-4-8-15(12-16)24-21(29)23-14-6-2-1-3-7-14/h1-12H,13H2,(H2,22,28)(H2,23,24,29)(H,25,26,27). The number of carbonyl (C=O) groups is 3. The van der Waals surface area contributed by atoms with Crippen LogP contribution in [0.2, 0.25) is 0 Å². The summed E-state index contributed by atoms with van der Waals surface area (Å²) in [6, 6.07) is 19.8. The molecule has 3 rings (SSSR count). The molecular weight excluding hydrogens is 386 g/mol. The highest BCUT2D eigenvalue weighted by atomic mass is 16.5. The Morgan fingerprint density at radius 2 is 1.53 bits per heavy atom. The van der Waals surface area contributed by atoms with Gasteiger partial charge in [0.25, 0.3) is 11.8 Å². The molecule has 0 spiro atoms. The monoisotopic (exact) mass is 405 g/mol. The van der Waals surface area contributed by atoms with Gasteiger partial charge in [-0.15, -0.1) is 0 Å². The second-order valence-electron chi connectivity index (χ2n) is 6.08. The molecule has 5 N–H and O–H groups in total. The summed E-state index contributed by atoms with van der Waals surface area (Å²) in [6.07, 6.45) is 0. The van der Waals surface area contributed by atoms with Crippen LogP contribution in [0.15, 0.2) is 72.8 Å². The van der Waals surface area contributed by atoms with E-state index in [1.54, 1.807) is 42.5 Å². The molecule has 0 aliphatic rings. The fourth-order valence-corrected chi connectivity index (χ4v) is 2.45. The second kappa shape index (κ2) is 9.69. The van der Waals surface area contributed by atoms with Crippen molar-refractivity contribution >= 4 is 35.0 Å². The van der Waals surface area contributed by atoms with Crippen molar-refractivity contribution in [1.29, 1.82) is 0 Å². The van der Waals surface area contributed by atoms with Crippen LogP contribution in [0.25, 0.3) is 0 Å². The number of para-hydroxylation sites is 1. The summed E-state index contributed by atoms with van der Waals surface area (Å²) in [6.45, 7) is -0.290. The zero-order chi connectivity index (χ0) is 21.3. The quantitative estimate of drug-likeness (QED) is 0.479. The first kappa shape index (κ1) is 20.3. The zero-order valence-corrected chi connectivity index (χ0v) is 15.8. The maximum absolute atomic E-state index is 12.1. The van der Waals surface area contributed by atoms with Crippen molar-refractivity contribution in [1.82, 2.24) is 4.98 Å². The number of aromatic nitrogens is 1. The van der Waals surface area contributed by atoms with Crippen LogP contribution in [0, 0.1) is 0 Å². The summed E-state index contributed by atoms with van der Waals surface area (Å²) in [5, 5.41) is 7.91. The van der Waals surface area contributed by atoms with E-state index < -0.39 is 17.8 Å². The van der Waals surface area contributed by atoms with Gasteiger partial charge in [-0.05, 0) is 36.4 Å². The van der Waals surface area contributed by atoms with Crippen molar-refractivity contribution in [3.05, 3.63) is 78.5 Å². The van der Waals surface area contributed by atoms with Crippen LogP contribution < -0.4 is 26.4 Å². The van der Waals surface area contributed by atoms with Gasteiger partial charge >= 0.3 is 6.03 Å². The molecule has 1 heterocycles. The van der Waals surface area contributed by atoms with E-state index in [1.807, 2.05) is 18.2 Å². The third-order valence-corrected chi connectivity index (χ3v) is 3.76. The van der Waals surface area contributed by atoms with Crippen molar-refractivity contribution in [3.63, 3.8) is 0 Å². The number of nitrogens with zero attached hydrogens (tertiary/aromatic N) is 1. The van der Waals surface area contributed by atoms with E-state index in [0.29, 0.717) is 17.1 Å². The SMILES string of the molecule is NC(=O)c1cccc(NC(=O)COc2cccc(NC(=O)Nc3ccccc3)c2)n1. The third-order valence-electron chi connectivity index (χ3n) is 3.76.